The van der Waals surface area contributed by atoms with Gasteiger partial charge < -0.3 is 15.0 Å². The van der Waals surface area contributed by atoms with Crippen LogP contribution in [0.5, 0.6) is 0 Å². The van der Waals surface area contributed by atoms with Crippen LogP contribution in [0.3, 0.4) is 0 Å². The van der Waals surface area contributed by atoms with Crippen LogP contribution in [0.25, 0.3) is 0 Å². The summed E-state index contributed by atoms with van der Waals surface area (Å²) in [4.78, 5) is 27.1. The molecule has 20 heavy (non-hydrogen) atoms. The molecule has 110 valence electrons. The fourth-order valence-corrected chi connectivity index (χ4v) is 2.45. The maximum atomic E-state index is 12.2. The van der Waals surface area contributed by atoms with Gasteiger partial charge in [0.1, 0.15) is 5.60 Å². The highest BCUT2D eigenvalue weighted by molar-refractivity contribution is 5.84. The van der Waals surface area contributed by atoms with Crippen LogP contribution in [0.4, 0.5) is 0 Å². The second-order valence-corrected chi connectivity index (χ2v) is 5.62. The molecule has 2 rings (SSSR count). The van der Waals surface area contributed by atoms with Gasteiger partial charge in [0, 0.05) is 29.6 Å². The van der Waals surface area contributed by atoms with Crippen molar-refractivity contribution in [3.63, 3.8) is 0 Å². The molecule has 1 aromatic rings. The number of aryl methyl sites for hydroxylation is 1. The minimum atomic E-state index is -0.739. The van der Waals surface area contributed by atoms with E-state index < -0.39 is 5.60 Å². The molecule has 0 aromatic carbocycles. The molecule has 1 amide bonds. The van der Waals surface area contributed by atoms with Crippen molar-refractivity contribution >= 4 is 5.91 Å². The van der Waals surface area contributed by atoms with Gasteiger partial charge in [0.25, 0.3) is 5.91 Å². The van der Waals surface area contributed by atoms with E-state index in [4.69, 9.17) is 4.74 Å². The van der Waals surface area contributed by atoms with Crippen LogP contribution >= 0.6 is 0 Å². The summed E-state index contributed by atoms with van der Waals surface area (Å²) in [6, 6.07) is 0. The lowest BCUT2D eigenvalue weighted by Crippen LogP contribution is -2.48. The Morgan fingerprint density at radius 3 is 2.85 bits per heavy atom. The first-order valence-corrected chi connectivity index (χ1v) is 7.04. The summed E-state index contributed by atoms with van der Waals surface area (Å²) < 4.78 is 5.60. The van der Waals surface area contributed by atoms with Crippen molar-refractivity contribution in [1.29, 1.82) is 0 Å². The molecule has 0 saturated carbocycles. The number of aromatic amines is 1. The number of hydrogen-bond donors (Lipinski definition) is 2. The van der Waals surface area contributed by atoms with Crippen molar-refractivity contribution in [2.24, 2.45) is 0 Å². The summed E-state index contributed by atoms with van der Waals surface area (Å²) in [6.07, 6.45) is 4.43. The first-order valence-electron chi connectivity index (χ1n) is 7.04. The quantitative estimate of drug-likeness (QED) is 0.881. The number of carbonyl (C=O) groups is 1. The summed E-state index contributed by atoms with van der Waals surface area (Å²) in [7, 11) is 0. The van der Waals surface area contributed by atoms with E-state index in [2.05, 4.69) is 10.3 Å². The molecule has 0 aliphatic carbocycles. The molecule has 5 nitrogen and oxygen atoms in total. The standard InChI is InChI=1S/C15H22N2O3/c1-10-8-16-12(11(2)13(10)18)9-17-14(19)15(3)6-4-5-7-20-15/h8H,4-7,9H2,1-3H3,(H,16,18)(H,17,19). The summed E-state index contributed by atoms with van der Waals surface area (Å²) >= 11 is 0. The van der Waals surface area contributed by atoms with Gasteiger partial charge >= 0.3 is 0 Å². The van der Waals surface area contributed by atoms with E-state index in [1.807, 2.05) is 6.92 Å². The number of pyridine rings is 1. The maximum Gasteiger partial charge on any atom is 0.252 e. The number of ether oxygens (including phenoxy) is 1. The predicted octanol–water partition coefficient (Wildman–Crippen LogP) is 1.57. The first kappa shape index (κ1) is 14.8. The van der Waals surface area contributed by atoms with Crippen LogP contribution in [0, 0.1) is 13.8 Å². The van der Waals surface area contributed by atoms with E-state index in [9.17, 15) is 9.59 Å². The molecule has 1 aromatic heterocycles. The van der Waals surface area contributed by atoms with E-state index in [1.54, 1.807) is 20.0 Å². The van der Waals surface area contributed by atoms with Crippen LogP contribution in [0.1, 0.15) is 43.0 Å². The van der Waals surface area contributed by atoms with Gasteiger partial charge in [-0.1, -0.05) is 0 Å². The largest absolute Gasteiger partial charge is 0.365 e. The normalized spacial score (nSPS) is 22.6. The molecule has 0 bridgehead atoms. The Morgan fingerprint density at radius 1 is 1.45 bits per heavy atom. The zero-order valence-electron chi connectivity index (χ0n) is 12.3. The fraction of sp³-hybridized carbons (Fsp3) is 0.600. The van der Waals surface area contributed by atoms with Crippen molar-refractivity contribution in [3.8, 4) is 0 Å². The Bertz CT molecular complexity index is 557. The molecular formula is C15H22N2O3. The van der Waals surface area contributed by atoms with E-state index in [-0.39, 0.29) is 11.3 Å². The highest BCUT2D eigenvalue weighted by Gasteiger charge is 2.35. The van der Waals surface area contributed by atoms with Crippen molar-refractivity contribution in [1.82, 2.24) is 10.3 Å². The second-order valence-electron chi connectivity index (χ2n) is 5.62. The van der Waals surface area contributed by atoms with Crippen LogP contribution in [0.2, 0.25) is 0 Å². The smallest absolute Gasteiger partial charge is 0.252 e. The highest BCUT2D eigenvalue weighted by Crippen LogP contribution is 2.24. The number of rotatable bonds is 3. The van der Waals surface area contributed by atoms with Crippen molar-refractivity contribution in [3.05, 3.63) is 33.2 Å². The molecule has 1 aliphatic heterocycles. The van der Waals surface area contributed by atoms with Gasteiger partial charge in [0.15, 0.2) is 5.43 Å². The average molecular weight is 278 g/mol. The lowest BCUT2D eigenvalue weighted by atomic mass is 9.95. The number of nitrogens with one attached hydrogen (secondary N) is 2. The predicted molar refractivity (Wildman–Crippen MR) is 76.6 cm³/mol. The number of hydrogen-bond acceptors (Lipinski definition) is 3. The number of H-pyrrole nitrogens is 1. The Hall–Kier alpha value is -1.62. The molecule has 5 heteroatoms. The van der Waals surface area contributed by atoms with E-state index >= 15 is 0 Å². The van der Waals surface area contributed by atoms with Gasteiger partial charge in [-0.2, -0.15) is 0 Å². The van der Waals surface area contributed by atoms with Crippen LogP contribution in [-0.4, -0.2) is 23.1 Å². The number of aromatic nitrogens is 1. The minimum absolute atomic E-state index is 0.0214. The van der Waals surface area contributed by atoms with Crippen molar-refractivity contribution in [2.45, 2.75) is 52.2 Å². The average Bonchev–Trinajstić information content (AvgIpc) is 2.44. The Balaban J connectivity index is 2.04. The van der Waals surface area contributed by atoms with Gasteiger partial charge in [-0.3, -0.25) is 9.59 Å². The monoisotopic (exact) mass is 278 g/mol. The van der Waals surface area contributed by atoms with E-state index in [1.165, 1.54) is 0 Å². The molecule has 1 fully saturated rings. The third kappa shape index (κ3) is 2.93. The molecule has 0 radical (unpaired) electrons. The highest BCUT2D eigenvalue weighted by atomic mass is 16.5. The van der Waals surface area contributed by atoms with Gasteiger partial charge in [0.2, 0.25) is 0 Å². The van der Waals surface area contributed by atoms with Crippen molar-refractivity contribution < 1.29 is 9.53 Å². The molecule has 1 unspecified atom stereocenters. The Morgan fingerprint density at radius 2 is 2.20 bits per heavy atom. The second kappa shape index (κ2) is 5.79. The van der Waals surface area contributed by atoms with Gasteiger partial charge in [-0.15, -0.1) is 0 Å². The van der Waals surface area contributed by atoms with Crippen molar-refractivity contribution in [2.75, 3.05) is 6.61 Å². The summed E-state index contributed by atoms with van der Waals surface area (Å²) in [5.41, 5.74) is 1.36. The summed E-state index contributed by atoms with van der Waals surface area (Å²) in [6.45, 7) is 6.31. The molecule has 2 N–H and O–H groups in total. The minimum Gasteiger partial charge on any atom is -0.365 e. The maximum absolute atomic E-state index is 12.2. The van der Waals surface area contributed by atoms with Gasteiger partial charge in [-0.05, 0) is 40.0 Å². The zero-order valence-corrected chi connectivity index (χ0v) is 12.3. The molecule has 1 aliphatic rings. The first-order chi connectivity index (χ1) is 9.44. The number of amides is 1. The molecule has 1 saturated heterocycles. The zero-order chi connectivity index (χ0) is 14.8. The molecule has 0 spiro atoms. The molecular weight excluding hydrogens is 256 g/mol. The lowest BCUT2D eigenvalue weighted by molar-refractivity contribution is -0.150. The van der Waals surface area contributed by atoms with E-state index in [0.717, 1.165) is 25.0 Å². The van der Waals surface area contributed by atoms with E-state index in [0.29, 0.717) is 24.3 Å². The SMILES string of the molecule is Cc1c[nH]c(CNC(=O)C2(C)CCCCO2)c(C)c1=O. The lowest BCUT2D eigenvalue weighted by Gasteiger charge is -2.32. The van der Waals surface area contributed by atoms with Gasteiger partial charge in [0.05, 0.1) is 6.54 Å². The number of carbonyl (C=O) groups excluding carboxylic acids is 1. The van der Waals surface area contributed by atoms with Crippen LogP contribution in [-0.2, 0) is 16.1 Å². The topological polar surface area (TPSA) is 71.2 Å². The van der Waals surface area contributed by atoms with Crippen LogP contribution in [0.15, 0.2) is 11.0 Å². The Labute approximate surface area is 118 Å². The Kier molecular flexibility index (Phi) is 4.28. The van der Waals surface area contributed by atoms with Gasteiger partial charge in [-0.25, -0.2) is 0 Å². The molecule has 1 atom stereocenters. The van der Waals surface area contributed by atoms with Crippen LogP contribution < -0.4 is 10.7 Å². The third-order valence-corrected chi connectivity index (χ3v) is 3.99. The fourth-order valence-electron chi connectivity index (χ4n) is 2.45. The third-order valence-electron chi connectivity index (χ3n) is 3.99. The molecule has 2 heterocycles. The summed E-state index contributed by atoms with van der Waals surface area (Å²) in [5.74, 6) is -0.113. The summed E-state index contributed by atoms with van der Waals surface area (Å²) in [5, 5.41) is 2.86.